The second-order valence-electron chi connectivity index (χ2n) is 7.39. The van der Waals surface area contributed by atoms with E-state index in [0.29, 0.717) is 40.5 Å². The van der Waals surface area contributed by atoms with Crippen molar-refractivity contribution in [2.24, 2.45) is 0 Å². The van der Waals surface area contributed by atoms with E-state index in [4.69, 9.17) is 14.2 Å². The van der Waals surface area contributed by atoms with Crippen molar-refractivity contribution in [2.45, 2.75) is 18.7 Å². The molecule has 0 saturated heterocycles. The normalized spacial score (nSPS) is 10.5. The van der Waals surface area contributed by atoms with Gasteiger partial charge >= 0.3 is 0 Å². The summed E-state index contributed by atoms with van der Waals surface area (Å²) in [4.78, 5) is 1.14. The first-order valence-electron chi connectivity index (χ1n) is 10.1. The molecule has 0 unspecified atom stereocenters. The fourth-order valence-corrected chi connectivity index (χ4v) is 3.76. The van der Waals surface area contributed by atoms with Gasteiger partial charge < -0.3 is 24.4 Å². The van der Waals surface area contributed by atoms with Gasteiger partial charge in [-0.15, -0.1) is 11.8 Å². The maximum absolute atomic E-state index is 11.1. The van der Waals surface area contributed by atoms with Gasteiger partial charge in [0.2, 0.25) is 0 Å². The van der Waals surface area contributed by atoms with Crippen molar-refractivity contribution in [3.8, 4) is 51.0 Å². The lowest BCUT2D eigenvalue weighted by Crippen LogP contribution is -1.97. The summed E-state index contributed by atoms with van der Waals surface area (Å²) in [6.07, 6.45) is 3.95. The average Bonchev–Trinajstić information content (AvgIpc) is 2.79. The summed E-state index contributed by atoms with van der Waals surface area (Å²) in [6.45, 7) is 4.33. The van der Waals surface area contributed by atoms with Crippen molar-refractivity contribution in [2.75, 3.05) is 27.1 Å². The molecule has 0 saturated carbocycles. The van der Waals surface area contributed by atoms with Gasteiger partial charge in [-0.05, 0) is 67.6 Å². The Labute approximate surface area is 193 Å². The molecule has 0 amide bonds. The molecule has 6 heteroatoms. The van der Waals surface area contributed by atoms with E-state index in [-0.39, 0.29) is 11.5 Å². The molecule has 0 bridgehead atoms. The highest BCUT2D eigenvalue weighted by molar-refractivity contribution is 7.98. The number of methoxy groups -OCH3 is 2. The number of rotatable bonds is 8. The highest BCUT2D eigenvalue weighted by Gasteiger charge is 2.22. The molecule has 168 valence electrons. The molecule has 0 spiro atoms. The summed E-state index contributed by atoms with van der Waals surface area (Å²) in [7, 11) is 3.06. The van der Waals surface area contributed by atoms with Crippen LogP contribution in [-0.2, 0) is 0 Å². The Kier molecular flexibility index (Phi) is 7.59. The maximum atomic E-state index is 11.1. The number of benzene rings is 3. The van der Waals surface area contributed by atoms with Gasteiger partial charge in [-0.1, -0.05) is 23.8 Å². The van der Waals surface area contributed by atoms with Crippen molar-refractivity contribution in [1.82, 2.24) is 0 Å². The fourth-order valence-electron chi connectivity index (χ4n) is 3.35. The van der Waals surface area contributed by atoms with E-state index in [1.807, 2.05) is 56.5 Å². The first kappa shape index (κ1) is 23.4. The molecule has 32 heavy (non-hydrogen) atoms. The zero-order chi connectivity index (χ0) is 23.3. The first-order valence-corrected chi connectivity index (χ1v) is 11.3. The van der Waals surface area contributed by atoms with Crippen LogP contribution < -0.4 is 14.2 Å². The van der Waals surface area contributed by atoms with Crippen molar-refractivity contribution < 1.29 is 24.4 Å². The summed E-state index contributed by atoms with van der Waals surface area (Å²) >= 11 is 1.66. The monoisotopic (exact) mass is 452 g/mol. The zero-order valence-electron chi connectivity index (χ0n) is 18.9. The molecule has 3 aromatic rings. The maximum Gasteiger partial charge on any atom is 0.170 e. The largest absolute Gasteiger partial charge is 0.504 e. The van der Waals surface area contributed by atoms with Gasteiger partial charge in [-0.3, -0.25) is 0 Å². The van der Waals surface area contributed by atoms with E-state index in [9.17, 15) is 10.2 Å². The van der Waals surface area contributed by atoms with Gasteiger partial charge in [0, 0.05) is 10.5 Å². The van der Waals surface area contributed by atoms with E-state index >= 15 is 0 Å². The van der Waals surface area contributed by atoms with Crippen LogP contribution in [0.2, 0.25) is 0 Å². The van der Waals surface area contributed by atoms with Crippen LogP contribution in [0.3, 0.4) is 0 Å². The Morgan fingerprint density at radius 1 is 0.906 bits per heavy atom. The third-order valence-corrected chi connectivity index (χ3v) is 5.76. The Hall–Kier alpha value is -3.25. The molecule has 3 rings (SSSR count). The van der Waals surface area contributed by atoms with E-state index < -0.39 is 0 Å². The summed E-state index contributed by atoms with van der Waals surface area (Å²) in [5, 5.41) is 21.6. The van der Waals surface area contributed by atoms with Crippen molar-refractivity contribution >= 4 is 11.8 Å². The number of ether oxygens (including phenoxy) is 3. The Bertz CT molecular complexity index is 1120. The number of thioether (sulfide) groups is 1. The lowest BCUT2D eigenvalue weighted by molar-refractivity contribution is 0.335. The number of phenols is 2. The standard InChI is InChI=1S/C26H28O5S/c1-16(2)12-13-31-22-11-8-18(14-21(22)27)24-23(29-3)15-20(26(30-4)25(24)28)17-6-9-19(32-5)10-7-17/h6-12,14-15,27-28H,13H2,1-5H3. The van der Waals surface area contributed by atoms with Gasteiger partial charge in [-0.2, -0.15) is 0 Å². The van der Waals surface area contributed by atoms with E-state index in [1.165, 1.54) is 7.11 Å². The fraction of sp³-hybridized carbons (Fsp3) is 0.231. The molecular formula is C26H28O5S. The zero-order valence-corrected chi connectivity index (χ0v) is 19.7. The van der Waals surface area contributed by atoms with Crippen LogP contribution in [0.4, 0.5) is 0 Å². The molecule has 0 aromatic heterocycles. The summed E-state index contributed by atoms with van der Waals surface area (Å²) < 4.78 is 16.8. The van der Waals surface area contributed by atoms with Gasteiger partial charge in [0.25, 0.3) is 0 Å². The van der Waals surface area contributed by atoms with Crippen LogP contribution in [0.25, 0.3) is 22.3 Å². The van der Waals surface area contributed by atoms with Crippen LogP contribution in [0.15, 0.2) is 65.1 Å². The number of hydrogen-bond acceptors (Lipinski definition) is 6. The van der Waals surface area contributed by atoms with Gasteiger partial charge in [0.05, 0.1) is 19.8 Å². The highest BCUT2D eigenvalue weighted by atomic mass is 32.2. The van der Waals surface area contributed by atoms with Crippen LogP contribution >= 0.6 is 11.8 Å². The molecule has 0 heterocycles. The molecule has 0 aliphatic rings. The molecule has 0 aliphatic carbocycles. The molecule has 0 aliphatic heterocycles. The molecule has 2 N–H and O–H groups in total. The second-order valence-corrected chi connectivity index (χ2v) is 8.27. The average molecular weight is 453 g/mol. The van der Waals surface area contributed by atoms with Crippen molar-refractivity contribution in [3.63, 3.8) is 0 Å². The minimum absolute atomic E-state index is 0.0261. The van der Waals surface area contributed by atoms with Crippen LogP contribution in [0, 0.1) is 0 Å². The van der Waals surface area contributed by atoms with E-state index in [2.05, 4.69) is 0 Å². The second kappa shape index (κ2) is 10.4. The highest BCUT2D eigenvalue weighted by Crippen LogP contribution is 2.50. The van der Waals surface area contributed by atoms with E-state index in [0.717, 1.165) is 16.0 Å². The van der Waals surface area contributed by atoms with E-state index in [1.54, 1.807) is 37.1 Å². The summed E-state index contributed by atoms with van der Waals surface area (Å²) in [5.74, 6) is 1.07. The number of allylic oxidation sites excluding steroid dienone is 1. The quantitative estimate of drug-likeness (QED) is 0.300. The summed E-state index contributed by atoms with van der Waals surface area (Å²) in [5.41, 5.74) is 3.75. The number of aromatic hydroxyl groups is 2. The Morgan fingerprint density at radius 2 is 1.59 bits per heavy atom. The van der Waals surface area contributed by atoms with Gasteiger partial charge in [0.15, 0.2) is 23.0 Å². The third kappa shape index (κ3) is 4.97. The lowest BCUT2D eigenvalue weighted by Gasteiger charge is -2.18. The number of hydrogen-bond donors (Lipinski definition) is 2. The molecule has 0 radical (unpaired) electrons. The molecular weight excluding hydrogens is 424 g/mol. The topological polar surface area (TPSA) is 68.2 Å². The Balaban J connectivity index is 2.07. The minimum atomic E-state index is -0.0617. The SMILES string of the molecule is COc1cc(-c2ccc(SC)cc2)c(OC)c(O)c1-c1ccc(OCC=C(C)C)c(O)c1. The predicted octanol–water partition coefficient (Wildman–Crippen LogP) is 6.52. The van der Waals surface area contributed by atoms with Gasteiger partial charge in [-0.25, -0.2) is 0 Å². The lowest BCUT2D eigenvalue weighted by atomic mass is 9.96. The molecule has 0 atom stereocenters. The van der Waals surface area contributed by atoms with Crippen LogP contribution in [0.1, 0.15) is 13.8 Å². The minimum Gasteiger partial charge on any atom is -0.504 e. The predicted molar refractivity (Wildman–Crippen MR) is 130 cm³/mol. The summed E-state index contributed by atoms with van der Waals surface area (Å²) in [6, 6.07) is 14.8. The number of phenolic OH excluding ortho intramolecular Hbond substituents is 2. The van der Waals surface area contributed by atoms with Crippen LogP contribution in [-0.4, -0.2) is 37.3 Å². The Morgan fingerprint density at radius 3 is 2.16 bits per heavy atom. The van der Waals surface area contributed by atoms with Crippen LogP contribution in [0.5, 0.6) is 28.7 Å². The smallest absolute Gasteiger partial charge is 0.170 e. The first-order chi connectivity index (χ1) is 15.4. The van der Waals surface area contributed by atoms with Crippen molar-refractivity contribution in [3.05, 3.63) is 60.2 Å². The molecule has 5 nitrogen and oxygen atoms in total. The van der Waals surface area contributed by atoms with Crippen molar-refractivity contribution in [1.29, 1.82) is 0 Å². The molecule has 3 aromatic carbocycles. The third-order valence-electron chi connectivity index (χ3n) is 5.02. The molecule has 0 fully saturated rings. The van der Waals surface area contributed by atoms with Gasteiger partial charge in [0.1, 0.15) is 12.4 Å².